The summed E-state index contributed by atoms with van der Waals surface area (Å²) in [6, 6.07) is 8.86. The van der Waals surface area contributed by atoms with Crippen LogP contribution in [0.5, 0.6) is 0 Å². The first-order valence-corrected chi connectivity index (χ1v) is 11.2. The van der Waals surface area contributed by atoms with Gasteiger partial charge in [-0.1, -0.05) is 45.0 Å². The Balaban J connectivity index is 2.09. The van der Waals surface area contributed by atoms with Crippen molar-refractivity contribution in [1.82, 2.24) is 14.3 Å². The number of nitrogens with zero attached hydrogens (tertiary/aromatic N) is 2. The highest BCUT2D eigenvalue weighted by atomic mass is 32.2. The number of imidazole rings is 1. The molecule has 0 bridgehead atoms. The molecule has 0 saturated carbocycles. The largest absolute Gasteiger partial charge is 0.336 e. The summed E-state index contributed by atoms with van der Waals surface area (Å²) in [5, 5.41) is 0. The Hall–Kier alpha value is -2.51. The van der Waals surface area contributed by atoms with Gasteiger partial charge in [-0.25, -0.2) is 17.8 Å². The number of rotatable bonds is 5. The lowest BCUT2D eigenvalue weighted by molar-refractivity contribution is 0.559. The van der Waals surface area contributed by atoms with Gasteiger partial charge in [0.05, 0.1) is 4.90 Å². The number of nitrogens with one attached hydrogen (secondary N) is 1. The van der Waals surface area contributed by atoms with Crippen LogP contribution < -0.4 is 4.72 Å². The van der Waals surface area contributed by atoms with Crippen LogP contribution in [0.25, 0.3) is 0 Å². The first-order valence-electron chi connectivity index (χ1n) is 9.77. The molecular formula is C23H28FN3O2S. The van der Waals surface area contributed by atoms with Crippen molar-refractivity contribution in [3.8, 4) is 0 Å². The molecule has 0 amide bonds. The van der Waals surface area contributed by atoms with Crippen molar-refractivity contribution in [3.63, 3.8) is 0 Å². The Kier molecular flexibility index (Phi) is 5.89. The zero-order valence-corrected chi connectivity index (χ0v) is 19.0. The molecule has 0 aliphatic rings. The average Bonchev–Trinajstić information content (AvgIpc) is 3.04. The van der Waals surface area contributed by atoms with E-state index in [1.54, 1.807) is 36.1 Å². The highest BCUT2D eigenvalue weighted by Gasteiger charge is 2.29. The fourth-order valence-corrected chi connectivity index (χ4v) is 5.24. The predicted octanol–water partition coefficient (Wildman–Crippen LogP) is 4.54. The number of sulfonamides is 1. The SMILES string of the molecule is Cc1cc(C(C)(C)C)cc(C)c1S(=O)(=O)N[C@@H](c1ccc(F)cc1)c1nccn1C. The van der Waals surface area contributed by atoms with E-state index >= 15 is 0 Å². The van der Waals surface area contributed by atoms with E-state index in [1.165, 1.54) is 12.1 Å². The van der Waals surface area contributed by atoms with Crippen LogP contribution in [0.2, 0.25) is 0 Å². The number of benzene rings is 2. The Morgan fingerprint density at radius 3 is 2.10 bits per heavy atom. The van der Waals surface area contributed by atoms with Crippen molar-refractivity contribution >= 4 is 10.0 Å². The summed E-state index contributed by atoms with van der Waals surface area (Å²) in [5.41, 5.74) is 2.97. The van der Waals surface area contributed by atoms with Crippen molar-refractivity contribution in [3.05, 3.63) is 82.7 Å². The molecule has 1 atom stereocenters. The smallest absolute Gasteiger partial charge is 0.242 e. The molecule has 2 aromatic carbocycles. The van der Waals surface area contributed by atoms with E-state index in [4.69, 9.17) is 0 Å². The van der Waals surface area contributed by atoms with E-state index in [0.717, 1.165) is 5.56 Å². The van der Waals surface area contributed by atoms with E-state index in [1.807, 2.05) is 26.0 Å². The van der Waals surface area contributed by atoms with E-state index in [0.29, 0.717) is 22.5 Å². The Morgan fingerprint density at radius 1 is 1.07 bits per heavy atom. The summed E-state index contributed by atoms with van der Waals surface area (Å²) < 4.78 is 44.9. The summed E-state index contributed by atoms with van der Waals surface area (Å²) in [6.45, 7) is 9.91. The number of aryl methyl sites for hydroxylation is 3. The highest BCUT2D eigenvalue weighted by molar-refractivity contribution is 7.89. The lowest BCUT2D eigenvalue weighted by atomic mass is 9.85. The van der Waals surface area contributed by atoms with E-state index < -0.39 is 16.1 Å². The van der Waals surface area contributed by atoms with Crippen LogP contribution in [0.1, 0.15) is 54.9 Å². The van der Waals surface area contributed by atoms with Gasteiger partial charge in [0.2, 0.25) is 10.0 Å². The first kappa shape index (κ1) is 22.2. The molecule has 0 unspecified atom stereocenters. The molecule has 0 fully saturated rings. The lowest BCUT2D eigenvalue weighted by Crippen LogP contribution is -2.32. The molecule has 7 heteroatoms. The minimum absolute atomic E-state index is 0.0884. The van der Waals surface area contributed by atoms with Crippen LogP contribution in [0, 0.1) is 19.7 Å². The Morgan fingerprint density at radius 2 is 1.63 bits per heavy atom. The Bertz CT molecular complexity index is 1140. The van der Waals surface area contributed by atoms with Gasteiger partial charge in [0.15, 0.2) is 0 Å². The monoisotopic (exact) mass is 429 g/mol. The lowest BCUT2D eigenvalue weighted by Gasteiger charge is -2.24. The maximum Gasteiger partial charge on any atom is 0.242 e. The van der Waals surface area contributed by atoms with Crippen molar-refractivity contribution in [2.45, 2.75) is 51.0 Å². The molecule has 0 aliphatic heterocycles. The highest BCUT2D eigenvalue weighted by Crippen LogP contribution is 2.31. The van der Waals surface area contributed by atoms with E-state index in [9.17, 15) is 12.8 Å². The van der Waals surface area contributed by atoms with Crippen LogP contribution >= 0.6 is 0 Å². The van der Waals surface area contributed by atoms with Gasteiger partial charge in [0.1, 0.15) is 17.7 Å². The number of aromatic nitrogens is 2. The quantitative estimate of drug-likeness (QED) is 0.648. The molecule has 1 heterocycles. The minimum atomic E-state index is -3.88. The number of hydrogen-bond acceptors (Lipinski definition) is 3. The third-order valence-electron chi connectivity index (χ3n) is 5.19. The molecule has 1 N–H and O–H groups in total. The molecule has 3 rings (SSSR count). The van der Waals surface area contributed by atoms with E-state index in [2.05, 4.69) is 30.5 Å². The van der Waals surface area contributed by atoms with Crippen LogP contribution in [-0.2, 0) is 22.5 Å². The second-order valence-electron chi connectivity index (χ2n) is 8.69. The van der Waals surface area contributed by atoms with Crippen LogP contribution in [0.3, 0.4) is 0 Å². The van der Waals surface area contributed by atoms with Gasteiger partial charge in [-0.3, -0.25) is 0 Å². The normalized spacial score (nSPS) is 13.4. The van der Waals surface area contributed by atoms with Crippen LogP contribution in [0.4, 0.5) is 4.39 Å². The fourth-order valence-electron chi connectivity index (χ4n) is 3.60. The van der Waals surface area contributed by atoms with Gasteiger partial charge in [-0.2, -0.15) is 4.72 Å². The van der Waals surface area contributed by atoms with Crippen molar-refractivity contribution in [2.24, 2.45) is 7.05 Å². The summed E-state index contributed by atoms with van der Waals surface area (Å²) in [5.74, 6) is 0.136. The maximum atomic E-state index is 13.5. The van der Waals surface area contributed by atoms with Gasteiger partial charge in [-0.15, -0.1) is 0 Å². The standard InChI is InChI=1S/C23H28FN3O2S/c1-15-13-18(23(3,4)5)14-16(2)21(15)30(28,29)26-20(22-25-11-12-27(22)6)17-7-9-19(24)10-8-17/h7-14,20,26H,1-6H3/t20-/m0/s1. The number of hydrogen-bond donors (Lipinski definition) is 1. The van der Waals surface area contributed by atoms with Crippen molar-refractivity contribution < 1.29 is 12.8 Å². The van der Waals surface area contributed by atoms with Crippen LogP contribution in [0.15, 0.2) is 53.7 Å². The molecule has 5 nitrogen and oxygen atoms in total. The third kappa shape index (κ3) is 4.47. The molecule has 0 saturated heterocycles. The second-order valence-corrected chi connectivity index (χ2v) is 10.3. The molecular weight excluding hydrogens is 401 g/mol. The van der Waals surface area contributed by atoms with Gasteiger partial charge in [-0.05, 0) is 53.6 Å². The molecule has 0 aliphatic carbocycles. The molecule has 160 valence electrons. The first-order chi connectivity index (χ1) is 13.9. The molecule has 30 heavy (non-hydrogen) atoms. The maximum absolute atomic E-state index is 13.5. The zero-order chi connectivity index (χ0) is 22.3. The average molecular weight is 430 g/mol. The van der Waals surface area contributed by atoms with E-state index in [-0.39, 0.29) is 16.1 Å². The topological polar surface area (TPSA) is 64.0 Å². The van der Waals surface area contributed by atoms with Crippen molar-refractivity contribution in [2.75, 3.05) is 0 Å². The summed E-state index contributed by atoms with van der Waals surface area (Å²) in [7, 11) is -2.09. The summed E-state index contributed by atoms with van der Waals surface area (Å²) in [4.78, 5) is 4.59. The number of halogens is 1. The van der Waals surface area contributed by atoms with Crippen LogP contribution in [-0.4, -0.2) is 18.0 Å². The minimum Gasteiger partial charge on any atom is -0.336 e. The predicted molar refractivity (Wildman–Crippen MR) is 116 cm³/mol. The molecule has 3 aromatic rings. The summed E-state index contributed by atoms with van der Waals surface area (Å²) >= 11 is 0. The Labute approximate surface area is 178 Å². The van der Waals surface area contributed by atoms with Gasteiger partial charge in [0.25, 0.3) is 0 Å². The second kappa shape index (κ2) is 7.96. The third-order valence-corrected chi connectivity index (χ3v) is 6.92. The fraction of sp³-hybridized carbons (Fsp3) is 0.348. The van der Waals surface area contributed by atoms with Gasteiger partial charge >= 0.3 is 0 Å². The molecule has 0 radical (unpaired) electrons. The summed E-state index contributed by atoms with van der Waals surface area (Å²) in [6.07, 6.45) is 3.35. The van der Waals surface area contributed by atoms with Crippen molar-refractivity contribution in [1.29, 1.82) is 0 Å². The molecule has 0 spiro atoms. The van der Waals surface area contributed by atoms with Gasteiger partial charge < -0.3 is 4.57 Å². The zero-order valence-electron chi connectivity index (χ0n) is 18.2. The van der Waals surface area contributed by atoms with Gasteiger partial charge in [0, 0.05) is 19.4 Å². The molecule has 1 aromatic heterocycles.